The van der Waals surface area contributed by atoms with Gasteiger partial charge in [0.25, 0.3) is 0 Å². The Hall–Kier alpha value is -1.27. The fourth-order valence-corrected chi connectivity index (χ4v) is 3.86. The molecule has 1 N–H and O–H groups in total. The van der Waals surface area contributed by atoms with Gasteiger partial charge in [-0.05, 0) is 42.8 Å². The summed E-state index contributed by atoms with van der Waals surface area (Å²) >= 11 is 7.12. The summed E-state index contributed by atoms with van der Waals surface area (Å²) in [5, 5.41) is 3.77. The van der Waals surface area contributed by atoms with E-state index in [1.165, 1.54) is 25.5 Å². The second-order valence-electron chi connectivity index (χ2n) is 5.56. The zero-order valence-corrected chi connectivity index (χ0v) is 15.3. The van der Waals surface area contributed by atoms with Crippen LogP contribution < -0.4 is 5.32 Å². The lowest BCUT2D eigenvalue weighted by atomic mass is 10.1. The highest BCUT2D eigenvalue weighted by molar-refractivity contribution is 8.00. The number of ether oxygens (including phenoxy) is 1. The summed E-state index contributed by atoms with van der Waals surface area (Å²) in [5.74, 6) is 0.695. The van der Waals surface area contributed by atoms with Crippen molar-refractivity contribution in [3.63, 3.8) is 0 Å². The lowest BCUT2D eigenvalue weighted by Crippen LogP contribution is -2.46. The number of thioether (sulfide) groups is 1. The van der Waals surface area contributed by atoms with Gasteiger partial charge in [0.2, 0.25) is 0 Å². The molecule has 1 aliphatic heterocycles. The van der Waals surface area contributed by atoms with E-state index in [-0.39, 0.29) is 11.2 Å². The van der Waals surface area contributed by atoms with Crippen LogP contribution in [0.5, 0.6) is 0 Å². The smallest absolute Gasteiger partial charge is 0.320 e. The van der Waals surface area contributed by atoms with Crippen molar-refractivity contribution in [3.05, 3.63) is 29.8 Å². The standard InChI is InChI=1S/C17H24N2O2S2/c1-3-4-5-13-6-8-14(9-7-13)18-17(22)19-10-11-23-15(12-19)16(20)21-2/h6-9,15H,3-5,10-12H2,1-2H3,(H,18,22)/t15-/m1/s1. The number of nitrogens with zero attached hydrogens (tertiary/aromatic N) is 1. The number of carbonyl (C=O) groups is 1. The molecule has 0 spiro atoms. The monoisotopic (exact) mass is 352 g/mol. The number of benzene rings is 1. The molecular weight excluding hydrogens is 328 g/mol. The number of carbonyl (C=O) groups excluding carboxylic acids is 1. The third-order valence-electron chi connectivity index (χ3n) is 3.84. The molecule has 126 valence electrons. The number of thiocarbonyl (C=S) groups is 1. The van der Waals surface area contributed by atoms with Gasteiger partial charge in [-0.2, -0.15) is 0 Å². The highest BCUT2D eigenvalue weighted by Crippen LogP contribution is 2.21. The summed E-state index contributed by atoms with van der Waals surface area (Å²) in [6, 6.07) is 8.41. The first-order valence-corrected chi connectivity index (χ1v) is 9.44. The number of hydrogen-bond donors (Lipinski definition) is 1. The molecule has 1 fully saturated rings. The molecule has 2 rings (SSSR count). The quantitative estimate of drug-likeness (QED) is 0.648. The van der Waals surface area contributed by atoms with Gasteiger partial charge in [0.05, 0.1) is 7.11 Å². The largest absolute Gasteiger partial charge is 0.468 e. The first-order chi connectivity index (χ1) is 11.1. The number of hydrogen-bond acceptors (Lipinski definition) is 4. The molecular formula is C17H24N2O2S2. The van der Waals surface area contributed by atoms with Gasteiger partial charge in [-0.25, -0.2) is 0 Å². The Bertz CT molecular complexity index is 534. The molecule has 0 saturated carbocycles. The van der Waals surface area contributed by atoms with Gasteiger partial charge in [-0.15, -0.1) is 11.8 Å². The van der Waals surface area contributed by atoms with Crippen LogP contribution in [0.2, 0.25) is 0 Å². The van der Waals surface area contributed by atoms with E-state index in [1.807, 2.05) is 4.90 Å². The maximum absolute atomic E-state index is 11.7. The number of esters is 1. The molecule has 0 radical (unpaired) electrons. The van der Waals surface area contributed by atoms with Gasteiger partial charge in [-0.1, -0.05) is 25.5 Å². The van der Waals surface area contributed by atoms with E-state index < -0.39 is 0 Å². The molecule has 4 nitrogen and oxygen atoms in total. The third-order valence-corrected chi connectivity index (χ3v) is 5.36. The van der Waals surface area contributed by atoms with Crippen LogP contribution in [-0.4, -0.2) is 47.2 Å². The van der Waals surface area contributed by atoms with Crippen LogP contribution >= 0.6 is 24.0 Å². The minimum Gasteiger partial charge on any atom is -0.468 e. The summed E-state index contributed by atoms with van der Waals surface area (Å²) in [6.07, 6.45) is 3.54. The van der Waals surface area contributed by atoms with E-state index in [4.69, 9.17) is 17.0 Å². The molecule has 0 aliphatic carbocycles. The summed E-state index contributed by atoms with van der Waals surface area (Å²) in [4.78, 5) is 13.7. The minimum absolute atomic E-state index is 0.162. The third kappa shape index (κ3) is 5.39. The first kappa shape index (κ1) is 18.1. The molecule has 0 bridgehead atoms. The van der Waals surface area contributed by atoms with E-state index in [1.54, 1.807) is 11.8 Å². The number of anilines is 1. The summed E-state index contributed by atoms with van der Waals surface area (Å²) in [5.41, 5.74) is 2.34. The second-order valence-corrected chi connectivity index (χ2v) is 7.26. The van der Waals surface area contributed by atoms with Crippen molar-refractivity contribution < 1.29 is 9.53 Å². The van der Waals surface area contributed by atoms with Gasteiger partial charge < -0.3 is 15.0 Å². The molecule has 1 atom stereocenters. The maximum Gasteiger partial charge on any atom is 0.320 e. The Kier molecular flexibility index (Phi) is 7.17. The highest BCUT2D eigenvalue weighted by atomic mass is 32.2. The predicted molar refractivity (Wildman–Crippen MR) is 101 cm³/mol. The van der Waals surface area contributed by atoms with Crippen LogP contribution in [0.25, 0.3) is 0 Å². The number of methoxy groups -OCH3 is 1. The van der Waals surface area contributed by atoms with Gasteiger partial charge >= 0.3 is 5.97 Å². The zero-order chi connectivity index (χ0) is 16.7. The van der Waals surface area contributed by atoms with Crippen LogP contribution in [0, 0.1) is 0 Å². The van der Waals surface area contributed by atoms with Crippen molar-refractivity contribution >= 4 is 40.7 Å². The van der Waals surface area contributed by atoms with Crippen molar-refractivity contribution in [1.82, 2.24) is 4.90 Å². The lowest BCUT2D eigenvalue weighted by molar-refractivity contribution is -0.140. The minimum atomic E-state index is -0.178. The summed E-state index contributed by atoms with van der Waals surface area (Å²) in [7, 11) is 1.43. The highest BCUT2D eigenvalue weighted by Gasteiger charge is 2.28. The van der Waals surface area contributed by atoms with Crippen LogP contribution in [0.15, 0.2) is 24.3 Å². The van der Waals surface area contributed by atoms with Crippen molar-refractivity contribution in [2.45, 2.75) is 31.4 Å². The van der Waals surface area contributed by atoms with E-state index >= 15 is 0 Å². The van der Waals surface area contributed by atoms with Crippen molar-refractivity contribution in [1.29, 1.82) is 0 Å². The fraction of sp³-hybridized carbons (Fsp3) is 0.529. The molecule has 23 heavy (non-hydrogen) atoms. The second kappa shape index (κ2) is 9.13. The molecule has 0 aromatic heterocycles. The topological polar surface area (TPSA) is 41.6 Å². The van der Waals surface area contributed by atoms with Gasteiger partial charge in [0, 0.05) is 24.5 Å². The van der Waals surface area contributed by atoms with Crippen LogP contribution in [0.3, 0.4) is 0 Å². The average Bonchev–Trinajstić information content (AvgIpc) is 2.60. The number of aryl methyl sites for hydroxylation is 1. The Labute approximate surface area is 148 Å². The molecule has 1 aromatic rings. The number of nitrogens with one attached hydrogen (secondary N) is 1. The zero-order valence-electron chi connectivity index (χ0n) is 13.7. The van der Waals surface area contributed by atoms with Crippen LogP contribution in [0.4, 0.5) is 5.69 Å². The van der Waals surface area contributed by atoms with E-state index in [0.29, 0.717) is 11.7 Å². The molecule has 0 amide bonds. The van der Waals surface area contributed by atoms with E-state index in [9.17, 15) is 4.79 Å². The summed E-state index contributed by atoms with van der Waals surface area (Å²) in [6.45, 7) is 3.64. The molecule has 1 heterocycles. The lowest BCUT2D eigenvalue weighted by Gasteiger charge is -2.33. The maximum atomic E-state index is 11.7. The molecule has 1 aromatic carbocycles. The SMILES string of the molecule is CCCCc1ccc(NC(=S)N2CCS[C@@H](C(=O)OC)C2)cc1. The summed E-state index contributed by atoms with van der Waals surface area (Å²) < 4.78 is 4.83. The van der Waals surface area contributed by atoms with Crippen LogP contribution in [0.1, 0.15) is 25.3 Å². The fourth-order valence-electron chi connectivity index (χ4n) is 2.45. The first-order valence-electron chi connectivity index (χ1n) is 7.98. The van der Waals surface area contributed by atoms with Crippen molar-refractivity contribution in [2.75, 3.05) is 31.3 Å². The number of rotatable bonds is 5. The predicted octanol–water partition coefficient (Wildman–Crippen LogP) is 3.32. The normalized spacial score (nSPS) is 17.7. The van der Waals surface area contributed by atoms with Crippen molar-refractivity contribution in [3.8, 4) is 0 Å². The molecule has 1 saturated heterocycles. The molecule has 0 unspecified atom stereocenters. The van der Waals surface area contributed by atoms with Crippen LogP contribution in [-0.2, 0) is 16.0 Å². The Balaban J connectivity index is 1.89. The number of unbranched alkanes of at least 4 members (excludes halogenated alkanes) is 1. The van der Waals surface area contributed by atoms with E-state index in [2.05, 4.69) is 36.5 Å². The Morgan fingerprint density at radius 1 is 1.43 bits per heavy atom. The average molecular weight is 353 g/mol. The van der Waals surface area contributed by atoms with Crippen molar-refractivity contribution in [2.24, 2.45) is 0 Å². The van der Waals surface area contributed by atoms with E-state index in [0.717, 1.165) is 24.4 Å². The van der Waals surface area contributed by atoms with Gasteiger partial charge in [0.15, 0.2) is 5.11 Å². The van der Waals surface area contributed by atoms with Gasteiger partial charge in [-0.3, -0.25) is 4.79 Å². The molecule has 6 heteroatoms. The Morgan fingerprint density at radius 2 is 2.17 bits per heavy atom. The Morgan fingerprint density at radius 3 is 2.83 bits per heavy atom. The van der Waals surface area contributed by atoms with Gasteiger partial charge in [0.1, 0.15) is 5.25 Å². The molecule has 1 aliphatic rings.